The zero-order chi connectivity index (χ0) is 36.6. The molecule has 3 aromatic rings. The summed E-state index contributed by atoms with van der Waals surface area (Å²) in [5.41, 5.74) is -1.68. The number of aromatic hydroxyl groups is 5. The van der Waals surface area contributed by atoms with Crippen LogP contribution in [0.5, 0.6) is 34.5 Å². The molecule has 0 bridgehead atoms. The van der Waals surface area contributed by atoms with Crippen molar-refractivity contribution >= 4 is 42.1 Å². The second-order valence-electron chi connectivity index (χ2n) is 11.0. The quantitative estimate of drug-likeness (QED) is 0.0661. The van der Waals surface area contributed by atoms with Gasteiger partial charge in [0.25, 0.3) is 0 Å². The van der Waals surface area contributed by atoms with Crippen molar-refractivity contribution in [1.82, 2.24) is 0 Å². The van der Waals surface area contributed by atoms with Gasteiger partial charge in [0, 0.05) is 31.1 Å². The average molecular weight is 693 g/mol. The fourth-order valence-corrected chi connectivity index (χ4v) is 4.89. The third-order valence-corrected chi connectivity index (χ3v) is 7.43. The van der Waals surface area contributed by atoms with Gasteiger partial charge in [-0.2, -0.15) is 0 Å². The van der Waals surface area contributed by atoms with E-state index >= 15 is 0 Å². The van der Waals surface area contributed by atoms with E-state index in [0.29, 0.717) is 5.56 Å². The number of hydrogen-bond acceptors (Lipinski definition) is 14. The highest BCUT2D eigenvalue weighted by Crippen LogP contribution is 2.36. The number of methoxy groups -OCH3 is 1. The summed E-state index contributed by atoms with van der Waals surface area (Å²) in [5.74, 6) is -6.75. The standard InChI is InChI=1S/C35H32O15/c1-47-27-16-21(4-10-24(27)38)7-13-32(43)50-33-28(48-30(41)11-5-19-2-8-22(36)25(39)14-19)17-35(46,34(44)45)18-29(33)49-31(42)12-6-20-3-9-23(37)26(40)15-20/h2-16,28-29,33,36-40,46H,17-18H2,1H3,(H,44,45)/b11-5+,12-6+,13-7+/t28-,29-,33?,35?/m1/s1. The summed E-state index contributed by atoms with van der Waals surface area (Å²) in [4.78, 5) is 51.0. The van der Waals surface area contributed by atoms with E-state index in [9.17, 15) is 54.9 Å². The predicted molar refractivity (Wildman–Crippen MR) is 173 cm³/mol. The van der Waals surface area contributed by atoms with Gasteiger partial charge >= 0.3 is 23.9 Å². The van der Waals surface area contributed by atoms with Crippen molar-refractivity contribution in [1.29, 1.82) is 0 Å². The second-order valence-corrected chi connectivity index (χ2v) is 11.0. The Bertz CT molecular complexity index is 1770. The highest BCUT2D eigenvalue weighted by Gasteiger charge is 2.54. The van der Waals surface area contributed by atoms with E-state index in [1.807, 2.05) is 0 Å². The topological polar surface area (TPSA) is 247 Å². The molecular formula is C35H32O15. The number of carboxylic acids is 1. The van der Waals surface area contributed by atoms with Crippen molar-refractivity contribution in [3.63, 3.8) is 0 Å². The van der Waals surface area contributed by atoms with Crippen LogP contribution < -0.4 is 4.74 Å². The van der Waals surface area contributed by atoms with E-state index in [2.05, 4.69) is 0 Å². The summed E-state index contributed by atoms with van der Waals surface area (Å²) in [6, 6.07) is 11.6. The maximum Gasteiger partial charge on any atom is 0.335 e. The van der Waals surface area contributed by atoms with Gasteiger partial charge in [-0.1, -0.05) is 18.2 Å². The number of esters is 3. The molecule has 15 heteroatoms. The van der Waals surface area contributed by atoms with Crippen LogP contribution in [0.25, 0.3) is 18.2 Å². The Labute approximate surface area is 283 Å². The zero-order valence-corrected chi connectivity index (χ0v) is 26.2. The number of aliphatic carboxylic acids is 1. The maximum atomic E-state index is 13.0. The molecule has 0 aliphatic heterocycles. The van der Waals surface area contributed by atoms with Gasteiger partial charge in [0.2, 0.25) is 0 Å². The molecule has 4 rings (SSSR count). The minimum atomic E-state index is -2.61. The van der Waals surface area contributed by atoms with Crippen LogP contribution in [-0.4, -0.2) is 90.6 Å². The normalized spacial score (nSPS) is 20.5. The second kappa shape index (κ2) is 15.6. The minimum absolute atomic E-state index is 0.117. The fraction of sp³-hybridized carbons (Fsp3) is 0.200. The minimum Gasteiger partial charge on any atom is -0.504 e. The number of hydrogen-bond donors (Lipinski definition) is 7. The number of benzene rings is 3. The van der Waals surface area contributed by atoms with Crippen LogP contribution in [0.3, 0.4) is 0 Å². The molecule has 0 amide bonds. The zero-order valence-electron chi connectivity index (χ0n) is 26.2. The molecule has 50 heavy (non-hydrogen) atoms. The first-order valence-corrected chi connectivity index (χ1v) is 14.7. The first kappa shape index (κ1) is 36.4. The van der Waals surface area contributed by atoms with Gasteiger partial charge in [-0.3, -0.25) is 0 Å². The highest BCUT2D eigenvalue weighted by atomic mass is 16.6. The van der Waals surface area contributed by atoms with Gasteiger partial charge in [0.05, 0.1) is 7.11 Å². The molecular weight excluding hydrogens is 660 g/mol. The van der Waals surface area contributed by atoms with Crippen LogP contribution in [0.2, 0.25) is 0 Å². The third-order valence-electron chi connectivity index (χ3n) is 7.43. The predicted octanol–water partition coefficient (Wildman–Crippen LogP) is 3.01. The van der Waals surface area contributed by atoms with Gasteiger partial charge in [-0.15, -0.1) is 0 Å². The largest absolute Gasteiger partial charge is 0.504 e. The number of carbonyl (C=O) groups is 4. The van der Waals surface area contributed by atoms with Crippen molar-refractivity contribution in [2.45, 2.75) is 36.8 Å². The van der Waals surface area contributed by atoms with Crippen molar-refractivity contribution in [3.8, 4) is 34.5 Å². The van der Waals surface area contributed by atoms with Crippen molar-refractivity contribution < 1.29 is 73.9 Å². The first-order valence-electron chi connectivity index (χ1n) is 14.7. The molecule has 1 aliphatic carbocycles. The molecule has 1 saturated carbocycles. The Hall–Kier alpha value is -6.48. The fourth-order valence-electron chi connectivity index (χ4n) is 4.89. The molecule has 0 spiro atoms. The van der Waals surface area contributed by atoms with Crippen molar-refractivity contribution in [2.75, 3.05) is 7.11 Å². The van der Waals surface area contributed by atoms with E-state index in [-0.39, 0.29) is 22.6 Å². The summed E-state index contributed by atoms with van der Waals surface area (Å²) >= 11 is 0. The number of carbonyl (C=O) groups excluding carboxylic acids is 3. The lowest BCUT2D eigenvalue weighted by molar-refractivity contribution is -0.211. The number of phenols is 5. The van der Waals surface area contributed by atoms with Gasteiger partial charge in [0.1, 0.15) is 12.2 Å². The molecule has 1 fully saturated rings. The Morgan fingerprint density at radius 2 is 1.02 bits per heavy atom. The molecule has 0 aromatic heterocycles. The van der Waals surface area contributed by atoms with Crippen molar-refractivity contribution in [3.05, 3.63) is 89.5 Å². The monoisotopic (exact) mass is 692 g/mol. The summed E-state index contributed by atoms with van der Waals surface area (Å²) in [7, 11) is 1.33. The summed E-state index contributed by atoms with van der Waals surface area (Å²) in [6.45, 7) is 0. The number of phenolic OH excluding ortho intramolecular Hbond substituents is 5. The van der Waals surface area contributed by atoms with Gasteiger partial charge in [-0.05, 0) is 71.3 Å². The molecule has 0 saturated heterocycles. The Morgan fingerprint density at radius 1 is 0.620 bits per heavy atom. The van der Waals surface area contributed by atoms with E-state index in [0.717, 1.165) is 30.4 Å². The van der Waals surface area contributed by atoms with Crippen molar-refractivity contribution in [2.24, 2.45) is 0 Å². The molecule has 3 aromatic carbocycles. The van der Waals surface area contributed by atoms with Crippen LogP contribution in [0, 0.1) is 0 Å². The van der Waals surface area contributed by atoms with Gasteiger partial charge in [-0.25, -0.2) is 19.2 Å². The van der Waals surface area contributed by atoms with Crippen LogP contribution >= 0.6 is 0 Å². The highest BCUT2D eigenvalue weighted by molar-refractivity contribution is 5.89. The van der Waals surface area contributed by atoms with Crippen LogP contribution in [0.1, 0.15) is 29.5 Å². The summed E-state index contributed by atoms with van der Waals surface area (Å²) < 4.78 is 21.4. The molecule has 1 aliphatic rings. The van der Waals surface area contributed by atoms with Crippen LogP contribution in [-0.2, 0) is 33.4 Å². The van der Waals surface area contributed by atoms with Gasteiger partial charge in [0.15, 0.2) is 46.2 Å². The number of rotatable bonds is 11. The Balaban J connectivity index is 1.62. The SMILES string of the molecule is COc1cc(/C=C/C(=O)OC2[C@H](OC(=O)/C=C/c3ccc(O)c(O)c3)CC(O)(C(=O)O)C[C@H]2OC(=O)/C=C/c2ccc(O)c(O)c2)ccc1O. The van der Waals surface area contributed by atoms with E-state index in [1.54, 1.807) is 0 Å². The third kappa shape index (κ3) is 9.32. The Kier molecular flexibility index (Phi) is 11.4. The molecule has 2 atom stereocenters. The van der Waals surface area contributed by atoms with E-state index < -0.39 is 83.6 Å². The molecule has 7 N–H and O–H groups in total. The first-order chi connectivity index (χ1) is 23.7. The van der Waals surface area contributed by atoms with Gasteiger partial charge < -0.3 is 54.7 Å². The lowest BCUT2D eigenvalue weighted by Gasteiger charge is -2.41. The molecule has 0 heterocycles. The van der Waals surface area contributed by atoms with E-state index in [4.69, 9.17) is 18.9 Å². The molecule has 15 nitrogen and oxygen atoms in total. The number of ether oxygens (including phenoxy) is 4. The number of aliphatic hydroxyl groups is 1. The summed E-state index contributed by atoms with van der Waals surface area (Å²) in [5, 5.41) is 69.1. The van der Waals surface area contributed by atoms with Crippen LogP contribution in [0.15, 0.2) is 72.8 Å². The van der Waals surface area contributed by atoms with Crippen LogP contribution in [0.4, 0.5) is 0 Å². The lowest BCUT2D eigenvalue weighted by Crippen LogP contribution is -2.59. The lowest BCUT2D eigenvalue weighted by atomic mass is 9.79. The molecule has 262 valence electrons. The smallest absolute Gasteiger partial charge is 0.335 e. The maximum absolute atomic E-state index is 13.0. The summed E-state index contributed by atoms with van der Waals surface area (Å²) in [6.07, 6.45) is -0.114. The molecule has 0 radical (unpaired) electrons. The van der Waals surface area contributed by atoms with E-state index in [1.165, 1.54) is 67.8 Å². The molecule has 0 unspecified atom stereocenters. The average Bonchev–Trinajstić information content (AvgIpc) is 3.07. The number of carboxylic acid groups (broad SMARTS) is 1. The Morgan fingerprint density at radius 3 is 1.42 bits per heavy atom.